The quantitative estimate of drug-likeness (QED) is 0.585. The Labute approximate surface area is 76.0 Å². The molecule has 0 radical (unpaired) electrons. The summed E-state index contributed by atoms with van der Waals surface area (Å²) in [5, 5.41) is 0. The standard InChI is InChI=1S/C6H18O2Si3/c9-7-10-8-11-5-3-1-2-4-6-11/h11H,1-6,10H2,9H3. The molecule has 0 aromatic rings. The molecule has 1 heterocycles. The molecule has 0 bridgehead atoms. The van der Waals surface area contributed by atoms with Gasteiger partial charge in [-0.3, -0.25) is 0 Å². The van der Waals surface area contributed by atoms with Crippen molar-refractivity contribution in [1.29, 1.82) is 0 Å². The van der Waals surface area contributed by atoms with E-state index in [9.17, 15) is 0 Å². The van der Waals surface area contributed by atoms with Gasteiger partial charge < -0.3 is 8.23 Å². The van der Waals surface area contributed by atoms with Crippen LogP contribution in [0.15, 0.2) is 0 Å². The normalized spacial score (nSPS) is 22.9. The third kappa shape index (κ3) is 4.22. The maximum absolute atomic E-state index is 5.80. The zero-order valence-electron chi connectivity index (χ0n) is 7.34. The van der Waals surface area contributed by atoms with Crippen LogP contribution in [0.1, 0.15) is 25.7 Å². The summed E-state index contributed by atoms with van der Waals surface area (Å²) in [6, 6.07) is 2.83. The average molecular weight is 206 g/mol. The molecule has 0 aromatic carbocycles. The van der Waals surface area contributed by atoms with Crippen molar-refractivity contribution in [3.63, 3.8) is 0 Å². The third-order valence-electron chi connectivity index (χ3n) is 2.22. The summed E-state index contributed by atoms with van der Waals surface area (Å²) in [4.78, 5) is 0. The second-order valence-electron chi connectivity index (χ2n) is 3.19. The Morgan fingerprint density at radius 2 is 1.73 bits per heavy atom. The van der Waals surface area contributed by atoms with E-state index < -0.39 is 19.0 Å². The van der Waals surface area contributed by atoms with Crippen molar-refractivity contribution < 1.29 is 8.23 Å². The van der Waals surface area contributed by atoms with Gasteiger partial charge in [-0.1, -0.05) is 25.7 Å². The summed E-state index contributed by atoms with van der Waals surface area (Å²) in [5.41, 5.74) is 0. The van der Waals surface area contributed by atoms with Gasteiger partial charge in [0.25, 0.3) is 10.0 Å². The summed E-state index contributed by atoms with van der Waals surface area (Å²) >= 11 is 0. The first-order valence-electron chi connectivity index (χ1n) is 4.54. The molecule has 5 heteroatoms. The minimum Gasteiger partial charge on any atom is -0.449 e. The zero-order valence-corrected chi connectivity index (χ0v) is 11.9. The zero-order chi connectivity index (χ0) is 7.94. The van der Waals surface area contributed by atoms with E-state index in [1.807, 2.05) is 0 Å². The van der Waals surface area contributed by atoms with Crippen LogP contribution in [-0.4, -0.2) is 29.5 Å². The van der Waals surface area contributed by atoms with E-state index in [1.165, 1.54) is 37.8 Å². The predicted octanol–water partition coefficient (Wildman–Crippen LogP) is -0.403. The first-order chi connectivity index (χ1) is 5.43. The molecular weight excluding hydrogens is 188 g/mol. The van der Waals surface area contributed by atoms with E-state index in [0.717, 1.165) is 10.5 Å². The molecule has 0 amide bonds. The van der Waals surface area contributed by atoms with E-state index in [2.05, 4.69) is 0 Å². The van der Waals surface area contributed by atoms with Crippen molar-refractivity contribution in [3.8, 4) is 0 Å². The summed E-state index contributed by atoms with van der Waals surface area (Å²) < 4.78 is 11.0. The van der Waals surface area contributed by atoms with E-state index in [4.69, 9.17) is 8.23 Å². The largest absolute Gasteiger partial charge is 0.449 e. The van der Waals surface area contributed by atoms with Gasteiger partial charge in [-0.25, -0.2) is 0 Å². The fourth-order valence-corrected chi connectivity index (χ4v) is 7.22. The molecular formula is C6H18O2Si3. The minimum absolute atomic E-state index is 0.515. The molecule has 0 N–H and O–H groups in total. The monoisotopic (exact) mass is 206 g/mol. The fourth-order valence-electron chi connectivity index (χ4n) is 1.57. The van der Waals surface area contributed by atoms with Crippen LogP contribution in [-0.2, 0) is 8.23 Å². The van der Waals surface area contributed by atoms with Crippen LogP contribution in [0.5, 0.6) is 0 Å². The van der Waals surface area contributed by atoms with E-state index in [0.29, 0.717) is 0 Å². The highest BCUT2D eigenvalue weighted by Gasteiger charge is 2.13. The van der Waals surface area contributed by atoms with Gasteiger partial charge >= 0.3 is 0 Å². The molecule has 1 rings (SSSR count). The molecule has 0 aromatic heterocycles. The lowest BCUT2D eigenvalue weighted by Gasteiger charge is -2.12. The van der Waals surface area contributed by atoms with Crippen LogP contribution >= 0.6 is 0 Å². The maximum Gasteiger partial charge on any atom is 0.283 e. The van der Waals surface area contributed by atoms with Gasteiger partial charge in [0.1, 0.15) is 10.5 Å². The summed E-state index contributed by atoms with van der Waals surface area (Å²) in [6.07, 6.45) is 5.73. The van der Waals surface area contributed by atoms with E-state index >= 15 is 0 Å². The lowest BCUT2D eigenvalue weighted by molar-refractivity contribution is 0.485. The maximum atomic E-state index is 5.80. The summed E-state index contributed by atoms with van der Waals surface area (Å²) in [5.74, 6) is 0. The van der Waals surface area contributed by atoms with Crippen LogP contribution in [0.25, 0.3) is 0 Å². The Morgan fingerprint density at radius 1 is 1.09 bits per heavy atom. The van der Waals surface area contributed by atoms with Gasteiger partial charge in [-0.05, 0) is 12.1 Å². The van der Waals surface area contributed by atoms with Gasteiger partial charge in [-0.2, -0.15) is 0 Å². The molecule has 1 fully saturated rings. The Hall–Kier alpha value is 0.571. The first kappa shape index (κ1) is 9.66. The van der Waals surface area contributed by atoms with Crippen LogP contribution in [0.3, 0.4) is 0 Å². The van der Waals surface area contributed by atoms with Crippen molar-refractivity contribution in [2.45, 2.75) is 37.8 Å². The topological polar surface area (TPSA) is 18.5 Å². The molecule has 11 heavy (non-hydrogen) atoms. The van der Waals surface area contributed by atoms with Crippen LogP contribution in [0.2, 0.25) is 12.1 Å². The molecule has 0 atom stereocenters. The average Bonchev–Trinajstić information content (AvgIpc) is 2.28. The van der Waals surface area contributed by atoms with Crippen LogP contribution in [0.4, 0.5) is 0 Å². The number of hydrogen-bond donors (Lipinski definition) is 0. The third-order valence-corrected chi connectivity index (χ3v) is 7.70. The highest BCUT2D eigenvalue weighted by molar-refractivity contribution is 6.58. The smallest absolute Gasteiger partial charge is 0.283 e. The first-order valence-corrected chi connectivity index (χ1v) is 8.61. The molecule has 0 unspecified atom stereocenters. The summed E-state index contributed by atoms with van der Waals surface area (Å²) in [7, 11) is -0.368. The van der Waals surface area contributed by atoms with Crippen LogP contribution in [0, 0.1) is 0 Å². The Bertz CT molecular complexity index is 93.8. The van der Waals surface area contributed by atoms with Gasteiger partial charge in [-0.15, -0.1) is 0 Å². The molecule has 1 aliphatic rings. The number of hydrogen-bond acceptors (Lipinski definition) is 2. The summed E-state index contributed by atoms with van der Waals surface area (Å²) in [6.45, 7) is 0. The van der Waals surface area contributed by atoms with Crippen molar-refractivity contribution in [3.05, 3.63) is 0 Å². The lowest BCUT2D eigenvalue weighted by atomic mass is 10.2. The van der Waals surface area contributed by atoms with Gasteiger partial charge in [0.2, 0.25) is 0 Å². The SMILES string of the molecule is [SiH3]O[SiH2]O[SiH]1CCCCCC1. The Kier molecular flexibility index (Phi) is 5.38. The van der Waals surface area contributed by atoms with E-state index in [1.54, 1.807) is 0 Å². The molecule has 0 saturated carbocycles. The van der Waals surface area contributed by atoms with Gasteiger partial charge in [0.05, 0.1) is 0 Å². The highest BCUT2D eigenvalue weighted by atomic mass is 28.4. The molecule has 1 aliphatic heterocycles. The molecule has 0 spiro atoms. The van der Waals surface area contributed by atoms with Gasteiger partial charge in [0, 0.05) is 0 Å². The minimum atomic E-state index is -0.730. The van der Waals surface area contributed by atoms with Crippen molar-refractivity contribution in [2.24, 2.45) is 0 Å². The highest BCUT2D eigenvalue weighted by Crippen LogP contribution is 2.18. The van der Waals surface area contributed by atoms with Crippen molar-refractivity contribution in [1.82, 2.24) is 0 Å². The molecule has 0 aliphatic carbocycles. The second-order valence-corrected chi connectivity index (χ2v) is 9.46. The molecule has 66 valence electrons. The van der Waals surface area contributed by atoms with Crippen molar-refractivity contribution >= 4 is 29.5 Å². The Balaban J connectivity index is 2.09. The Morgan fingerprint density at radius 3 is 2.27 bits per heavy atom. The van der Waals surface area contributed by atoms with Gasteiger partial charge in [0.15, 0.2) is 9.04 Å². The molecule has 1 saturated heterocycles. The van der Waals surface area contributed by atoms with E-state index in [-0.39, 0.29) is 0 Å². The predicted molar refractivity (Wildman–Crippen MR) is 55.9 cm³/mol. The van der Waals surface area contributed by atoms with Crippen LogP contribution < -0.4 is 0 Å². The lowest BCUT2D eigenvalue weighted by Crippen LogP contribution is -2.20. The van der Waals surface area contributed by atoms with Crippen molar-refractivity contribution in [2.75, 3.05) is 0 Å². The second kappa shape index (κ2) is 6.13. The number of rotatable bonds is 3. The molecule has 2 nitrogen and oxygen atoms in total. The fraction of sp³-hybridized carbons (Fsp3) is 1.00.